The molecule has 1 unspecified atom stereocenters. The second-order valence-electron chi connectivity index (χ2n) is 6.25. The van der Waals surface area contributed by atoms with Crippen molar-refractivity contribution in [3.63, 3.8) is 0 Å². The lowest BCUT2D eigenvalue weighted by Gasteiger charge is -2.23. The Morgan fingerprint density at radius 2 is 2.05 bits per heavy atom. The van der Waals surface area contributed by atoms with Crippen LogP contribution >= 0.6 is 11.8 Å². The Hall–Kier alpha value is -1.53. The van der Waals surface area contributed by atoms with Crippen molar-refractivity contribution in [2.75, 3.05) is 12.4 Å². The van der Waals surface area contributed by atoms with E-state index in [-0.39, 0.29) is 12.0 Å². The van der Waals surface area contributed by atoms with Gasteiger partial charge in [0.15, 0.2) is 5.16 Å². The van der Waals surface area contributed by atoms with Gasteiger partial charge in [0, 0.05) is 12.8 Å². The fourth-order valence-electron chi connectivity index (χ4n) is 2.02. The molecule has 1 aromatic carbocycles. The third kappa shape index (κ3) is 4.48. The third-order valence-electron chi connectivity index (χ3n) is 3.20. The zero-order valence-electron chi connectivity index (χ0n) is 13.5. The molecule has 6 heteroatoms. The van der Waals surface area contributed by atoms with Gasteiger partial charge < -0.3 is 14.4 Å². The molecule has 0 aliphatic carbocycles. The van der Waals surface area contributed by atoms with Crippen LogP contribution < -0.4 is 4.74 Å². The van der Waals surface area contributed by atoms with Gasteiger partial charge >= 0.3 is 0 Å². The van der Waals surface area contributed by atoms with Crippen molar-refractivity contribution in [2.24, 2.45) is 7.05 Å². The van der Waals surface area contributed by atoms with E-state index in [4.69, 9.17) is 4.74 Å². The first kappa shape index (κ1) is 16.8. The molecule has 1 atom stereocenters. The van der Waals surface area contributed by atoms with Crippen LogP contribution in [0.5, 0.6) is 5.75 Å². The number of para-hydroxylation sites is 1. The summed E-state index contributed by atoms with van der Waals surface area (Å²) in [7, 11) is 1.88. The van der Waals surface area contributed by atoms with Crippen molar-refractivity contribution in [3.8, 4) is 5.75 Å². The highest BCUT2D eigenvalue weighted by Gasteiger charge is 2.19. The van der Waals surface area contributed by atoms with Gasteiger partial charge in [-0.2, -0.15) is 0 Å². The summed E-state index contributed by atoms with van der Waals surface area (Å²) in [6, 6.07) is 7.97. The lowest BCUT2D eigenvalue weighted by Crippen LogP contribution is -2.22. The molecule has 0 spiro atoms. The van der Waals surface area contributed by atoms with Crippen LogP contribution in [0.3, 0.4) is 0 Å². The summed E-state index contributed by atoms with van der Waals surface area (Å²) in [5, 5.41) is 18.7. The number of rotatable bonds is 6. The molecular weight excluding hydrogens is 298 g/mol. The van der Waals surface area contributed by atoms with Gasteiger partial charge in [-0.25, -0.2) is 0 Å². The molecule has 1 aromatic heterocycles. The summed E-state index contributed by atoms with van der Waals surface area (Å²) in [6.07, 6.45) is 1.08. The lowest BCUT2D eigenvalue weighted by molar-refractivity contribution is 0.125. The second kappa shape index (κ2) is 7.15. The average molecular weight is 321 g/mol. The van der Waals surface area contributed by atoms with Crippen molar-refractivity contribution in [1.29, 1.82) is 0 Å². The molecule has 0 amide bonds. The van der Waals surface area contributed by atoms with Crippen LogP contribution in [0, 0.1) is 0 Å². The van der Waals surface area contributed by atoms with Crippen LogP contribution in [0.1, 0.15) is 26.3 Å². The van der Waals surface area contributed by atoms with E-state index in [0.717, 1.165) is 16.5 Å². The lowest BCUT2D eigenvalue weighted by atomic mass is 9.86. The number of benzene rings is 1. The van der Waals surface area contributed by atoms with E-state index < -0.39 is 6.10 Å². The number of thioether (sulfide) groups is 1. The number of aryl methyl sites for hydroxylation is 1. The van der Waals surface area contributed by atoms with Crippen LogP contribution in [-0.4, -0.2) is 38.3 Å². The first-order valence-electron chi connectivity index (χ1n) is 7.25. The number of aliphatic hydroxyl groups is 1. The molecule has 0 saturated heterocycles. The normalized spacial score (nSPS) is 13.1. The van der Waals surface area contributed by atoms with E-state index in [2.05, 4.69) is 37.0 Å². The summed E-state index contributed by atoms with van der Waals surface area (Å²) in [5.74, 6) is 1.35. The van der Waals surface area contributed by atoms with Gasteiger partial charge in [-0.05, 0) is 17.0 Å². The Kier molecular flexibility index (Phi) is 5.47. The highest BCUT2D eigenvalue weighted by Crippen LogP contribution is 2.31. The number of aromatic nitrogens is 3. The van der Waals surface area contributed by atoms with Gasteiger partial charge in [-0.3, -0.25) is 0 Å². The van der Waals surface area contributed by atoms with E-state index in [1.807, 2.05) is 29.8 Å². The summed E-state index contributed by atoms with van der Waals surface area (Å²) >= 11 is 1.47. The van der Waals surface area contributed by atoms with E-state index >= 15 is 0 Å². The van der Waals surface area contributed by atoms with E-state index in [0.29, 0.717) is 5.75 Å². The number of hydrogen-bond acceptors (Lipinski definition) is 5. The summed E-state index contributed by atoms with van der Waals surface area (Å²) < 4.78 is 7.65. The minimum Gasteiger partial charge on any atom is -0.491 e. The molecule has 120 valence electrons. The fraction of sp³-hybridized carbons (Fsp3) is 0.500. The smallest absolute Gasteiger partial charge is 0.190 e. The van der Waals surface area contributed by atoms with Crippen LogP contribution in [0.15, 0.2) is 35.7 Å². The van der Waals surface area contributed by atoms with Crippen LogP contribution in [0.4, 0.5) is 0 Å². The molecule has 1 heterocycles. The minimum atomic E-state index is -0.560. The van der Waals surface area contributed by atoms with Gasteiger partial charge in [0.25, 0.3) is 0 Å². The molecule has 1 N–H and O–H groups in total. The summed E-state index contributed by atoms with van der Waals surface area (Å²) in [6.45, 7) is 6.71. The maximum Gasteiger partial charge on any atom is 0.190 e. The molecule has 2 aromatic rings. The first-order chi connectivity index (χ1) is 10.4. The largest absolute Gasteiger partial charge is 0.491 e. The minimum absolute atomic E-state index is 0.00885. The Bertz CT molecular complexity index is 607. The average Bonchev–Trinajstić information content (AvgIpc) is 2.87. The van der Waals surface area contributed by atoms with Crippen molar-refractivity contribution in [2.45, 2.75) is 37.4 Å². The van der Waals surface area contributed by atoms with Gasteiger partial charge in [-0.15, -0.1) is 10.2 Å². The molecular formula is C16H23N3O2S. The number of nitrogens with zero attached hydrogens (tertiary/aromatic N) is 3. The van der Waals surface area contributed by atoms with Gasteiger partial charge in [0.1, 0.15) is 18.7 Å². The highest BCUT2D eigenvalue weighted by atomic mass is 32.2. The predicted molar refractivity (Wildman–Crippen MR) is 88.4 cm³/mol. The quantitative estimate of drug-likeness (QED) is 0.829. The SMILES string of the molecule is Cn1cnnc1SCC(O)COc1ccccc1C(C)(C)C. The molecule has 5 nitrogen and oxygen atoms in total. The summed E-state index contributed by atoms with van der Waals surface area (Å²) in [5.41, 5.74) is 1.15. The maximum atomic E-state index is 10.1. The van der Waals surface area contributed by atoms with Gasteiger partial charge in [0.2, 0.25) is 0 Å². The van der Waals surface area contributed by atoms with Crippen molar-refractivity contribution >= 4 is 11.8 Å². The Morgan fingerprint density at radius 3 is 2.68 bits per heavy atom. The molecule has 0 aliphatic rings. The van der Waals surface area contributed by atoms with Gasteiger partial charge in [0.05, 0.1) is 6.10 Å². The topological polar surface area (TPSA) is 60.2 Å². The standard InChI is InChI=1S/C16H23N3O2S/c1-16(2,3)13-7-5-6-8-14(13)21-9-12(20)10-22-15-18-17-11-19(15)4/h5-8,11-12,20H,9-10H2,1-4H3. The summed E-state index contributed by atoms with van der Waals surface area (Å²) in [4.78, 5) is 0. The predicted octanol–water partition coefficient (Wildman–Crippen LogP) is 2.64. The molecule has 0 radical (unpaired) electrons. The van der Waals surface area contributed by atoms with Gasteiger partial charge in [-0.1, -0.05) is 50.7 Å². The van der Waals surface area contributed by atoms with E-state index in [1.54, 1.807) is 6.33 Å². The number of ether oxygens (including phenoxy) is 1. The van der Waals surface area contributed by atoms with Crippen molar-refractivity contribution in [3.05, 3.63) is 36.2 Å². The Balaban J connectivity index is 1.89. The number of hydrogen-bond donors (Lipinski definition) is 1. The molecule has 2 rings (SSSR count). The van der Waals surface area contributed by atoms with Crippen molar-refractivity contribution in [1.82, 2.24) is 14.8 Å². The molecule has 22 heavy (non-hydrogen) atoms. The zero-order valence-corrected chi connectivity index (χ0v) is 14.3. The molecule has 0 saturated carbocycles. The first-order valence-corrected chi connectivity index (χ1v) is 8.23. The zero-order chi connectivity index (χ0) is 16.2. The highest BCUT2D eigenvalue weighted by molar-refractivity contribution is 7.99. The fourth-order valence-corrected chi connectivity index (χ4v) is 2.81. The Morgan fingerprint density at radius 1 is 1.32 bits per heavy atom. The Labute approximate surface area is 135 Å². The molecule has 0 bridgehead atoms. The second-order valence-corrected chi connectivity index (χ2v) is 7.23. The molecule has 0 fully saturated rings. The van der Waals surface area contributed by atoms with Crippen LogP contribution in [-0.2, 0) is 12.5 Å². The third-order valence-corrected chi connectivity index (χ3v) is 4.38. The number of aliphatic hydroxyl groups excluding tert-OH is 1. The van der Waals surface area contributed by atoms with Crippen LogP contribution in [0.25, 0.3) is 0 Å². The maximum absolute atomic E-state index is 10.1. The van der Waals surface area contributed by atoms with E-state index in [1.165, 1.54) is 11.8 Å². The van der Waals surface area contributed by atoms with E-state index in [9.17, 15) is 5.11 Å². The monoisotopic (exact) mass is 321 g/mol. The van der Waals surface area contributed by atoms with Crippen molar-refractivity contribution < 1.29 is 9.84 Å². The van der Waals surface area contributed by atoms with Crippen LogP contribution in [0.2, 0.25) is 0 Å². The molecule has 0 aliphatic heterocycles.